The summed E-state index contributed by atoms with van der Waals surface area (Å²) in [5.41, 5.74) is 0.364. The lowest BCUT2D eigenvalue weighted by molar-refractivity contribution is -0.151. The van der Waals surface area contributed by atoms with E-state index in [9.17, 15) is 14.4 Å². The molecular weight excluding hydrogens is 583 g/mol. The Labute approximate surface area is 233 Å². The second kappa shape index (κ2) is 10.7. The number of amides is 1. The van der Waals surface area contributed by atoms with E-state index in [-0.39, 0.29) is 27.3 Å². The number of anilines is 1. The van der Waals surface area contributed by atoms with E-state index in [1.54, 1.807) is 12.1 Å². The number of carbonyl (C=O) groups excluding carboxylic acids is 3. The molecule has 1 aliphatic heterocycles. The van der Waals surface area contributed by atoms with E-state index in [2.05, 4.69) is 36.9 Å². The average molecular weight is 610 g/mol. The van der Waals surface area contributed by atoms with Crippen LogP contribution in [0, 0.1) is 11.3 Å². The first-order chi connectivity index (χ1) is 17.5. The minimum absolute atomic E-state index is 0.0205. The Morgan fingerprint density at radius 2 is 1.86 bits per heavy atom. The fourth-order valence-corrected chi connectivity index (χ4v) is 6.46. The Morgan fingerprint density at radius 3 is 2.41 bits per heavy atom. The van der Waals surface area contributed by atoms with Crippen LogP contribution in [-0.2, 0) is 20.7 Å². The summed E-state index contributed by atoms with van der Waals surface area (Å²) in [5.74, 6) is -0.952. The third kappa shape index (κ3) is 5.14. The van der Waals surface area contributed by atoms with E-state index < -0.39 is 22.8 Å². The van der Waals surface area contributed by atoms with Gasteiger partial charge < -0.3 is 20.7 Å². The largest absolute Gasteiger partial charge is 0.467 e. The van der Waals surface area contributed by atoms with E-state index in [0.29, 0.717) is 28.8 Å². The van der Waals surface area contributed by atoms with E-state index in [1.165, 1.54) is 19.5 Å². The molecule has 1 amide bonds. The number of nitrogens with one attached hydrogen (secondary N) is 3. The zero-order valence-electron chi connectivity index (χ0n) is 20.6. The standard InChI is InChI=1S/C26H27BrCl2N4O4/c1-25(2)21(20(27)22(25)34)33-26(24(36)37-3,15-8-9-30-11-15)10-14-4-6-16(7-5-14)32-23(35)19-17(28)12-31-13-18(19)29/h4-7,12-13,15,30,33H,8-11H2,1-3H3,(H,32,35)/t15?,26-/m0/s1. The molecule has 3 N–H and O–H groups in total. The Morgan fingerprint density at radius 1 is 1.22 bits per heavy atom. The fourth-order valence-electron chi connectivity index (χ4n) is 4.84. The van der Waals surface area contributed by atoms with Gasteiger partial charge in [-0.05, 0) is 60.4 Å². The normalized spacial score (nSPS) is 20.2. The molecule has 8 nitrogen and oxygen atoms in total. The highest BCUT2D eigenvalue weighted by Crippen LogP contribution is 2.46. The highest BCUT2D eigenvalue weighted by atomic mass is 79.9. The molecule has 2 aliphatic rings. The van der Waals surface area contributed by atoms with Gasteiger partial charge in [0.05, 0.1) is 32.6 Å². The fraction of sp³-hybridized carbons (Fsp3) is 0.385. The van der Waals surface area contributed by atoms with Gasteiger partial charge >= 0.3 is 5.97 Å². The number of Topliss-reactive ketones (excluding diaryl/α,β-unsaturated/α-hetero) is 1. The van der Waals surface area contributed by atoms with Crippen LogP contribution in [0.15, 0.2) is 46.8 Å². The maximum Gasteiger partial charge on any atom is 0.332 e. The highest BCUT2D eigenvalue weighted by molar-refractivity contribution is 9.12. The van der Waals surface area contributed by atoms with Crippen molar-refractivity contribution < 1.29 is 19.1 Å². The van der Waals surface area contributed by atoms with Gasteiger partial charge in [-0.2, -0.15) is 0 Å². The number of hydrogen-bond acceptors (Lipinski definition) is 7. The predicted molar refractivity (Wildman–Crippen MR) is 146 cm³/mol. The number of aromatic nitrogens is 1. The van der Waals surface area contributed by atoms with Crippen molar-refractivity contribution in [3.8, 4) is 0 Å². The molecule has 2 aromatic rings. The molecule has 0 saturated carbocycles. The maximum absolute atomic E-state index is 13.4. The molecule has 1 aliphatic carbocycles. The molecular formula is C26H27BrCl2N4O4. The van der Waals surface area contributed by atoms with Crippen molar-refractivity contribution in [1.82, 2.24) is 15.6 Å². The van der Waals surface area contributed by atoms with Crippen LogP contribution in [0.2, 0.25) is 10.0 Å². The van der Waals surface area contributed by atoms with Crippen molar-refractivity contribution in [2.45, 2.75) is 32.2 Å². The molecule has 11 heteroatoms. The Bertz CT molecular complexity index is 1260. The van der Waals surface area contributed by atoms with Gasteiger partial charge in [-0.25, -0.2) is 4.79 Å². The van der Waals surface area contributed by atoms with Crippen LogP contribution < -0.4 is 16.0 Å². The van der Waals surface area contributed by atoms with Gasteiger partial charge in [-0.3, -0.25) is 14.6 Å². The van der Waals surface area contributed by atoms with E-state index in [1.807, 2.05) is 26.0 Å². The molecule has 37 heavy (non-hydrogen) atoms. The molecule has 2 atom stereocenters. The number of methoxy groups -OCH3 is 1. The van der Waals surface area contributed by atoms with E-state index in [4.69, 9.17) is 27.9 Å². The Balaban J connectivity index is 1.62. The Kier molecular flexibility index (Phi) is 7.99. The number of hydrogen-bond donors (Lipinski definition) is 3. The van der Waals surface area contributed by atoms with Gasteiger partial charge in [-0.15, -0.1) is 0 Å². The molecule has 1 aromatic heterocycles. The van der Waals surface area contributed by atoms with E-state index >= 15 is 0 Å². The lowest BCUT2D eigenvalue weighted by Crippen LogP contribution is -2.63. The number of rotatable bonds is 8. The Hall–Kier alpha value is -2.46. The summed E-state index contributed by atoms with van der Waals surface area (Å²) in [7, 11) is 1.37. The quantitative estimate of drug-likeness (QED) is 0.378. The second-order valence-corrected chi connectivity index (χ2v) is 11.3. The number of esters is 1. The summed E-state index contributed by atoms with van der Waals surface area (Å²) in [4.78, 5) is 42.4. The highest BCUT2D eigenvalue weighted by Gasteiger charge is 2.54. The zero-order valence-corrected chi connectivity index (χ0v) is 23.7. The van der Waals surface area contributed by atoms with Crippen LogP contribution in [0.25, 0.3) is 0 Å². The number of halogens is 3. The average Bonchev–Trinajstić information content (AvgIpc) is 3.42. The van der Waals surface area contributed by atoms with Gasteiger partial charge in [0.25, 0.3) is 5.91 Å². The van der Waals surface area contributed by atoms with Crippen molar-refractivity contribution in [3.05, 3.63) is 68.0 Å². The van der Waals surface area contributed by atoms with Crippen LogP contribution in [0.1, 0.15) is 36.2 Å². The first-order valence-electron chi connectivity index (χ1n) is 11.7. The summed E-state index contributed by atoms with van der Waals surface area (Å²) in [6.07, 6.45) is 3.79. The van der Waals surface area contributed by atoms with Crippen molar-refractivity contribution in [2.24, 2.45) is 11.3 Å². The van der Waals surface area contributed by atoms with Crippen LogP contribution in [0.5, 0.6) is 0 Å². The van der Waals surface area contributed by atoms with Gasteiger partial charge in [0, 0.05) is 42.7 Å². The predicted octanol–water partition coefficient (Wildman–Crippen LogP) is 4.51. The second-order valence-electron chi connectivity index (χ2n) is 9.73. The lowest BCUT2D eigenvalue weighted by atomic mass is 9.71. The molecule has 4 rings (SSSR count). The number of ether oxygens (including phenoxy) is 1. The van der Waals surface area contributed by atoms with Gasteiger partial charge in [0.2, 0.25) is 0 Å². The zero-order chi connectivity index (χ0) is 27.0. The van der Waals surface area contributed by atoms with Crippen LogP contribution in [-0.4, -0.2) is 48.4 Å². The number of benzene rings is 1. The van der Waals surface area contributed by atoms with Crippen LogP contribution >= 0.6 is 39.1 Å². The summed E-state index contributed by atoms with van der Waals surface area (Å²) >= 11 is 15.6. The summed E-state index contributed by atoms with van der Waals surface area (Å²) in [5, 5.41) is 9.87. The van der Waals surface area contributed by atoms with Crippen LogP contribution in [0.4, 0.5) is 5.69 Å². The molecule has 1 unspecified atom stereocenters. The number of carbonyl (C=O) groups is 3. The summed E-state index contributed by atoms with van der Waals surface area (Å²) in [6.45, 7) is 5.06. The number of nitrogens with zero attached hydrogens (tertiary/aromatic N) is 1. The molecule has 0 bridgehead atoms. The van der Waals surface area contributed by atoms with Crippen molar-refractivity contribution in [1.29, 1.82) is 0 Å². The SMILES string of the molecule is COC(=O)[C@@](Cc1ccc(NC(=O)c2c(Cl)cncc2Cl)cc1)(NC1=C(Br)C(=O)C1(C)C)C1CCNC1. The summed E-state index contributed by atoms with van der Waals surface area (Å²) in [6, 6.07) is 7.18. The first kappa shape index (κ1) is 27.6. The van der Waals surface area contributed by atoms with Gasteiger partial charge in [0.15, 0.2) is 5.78 Å². The van der Waals surface area contributed by atoms with Crippen molar-refractivity contribution >= 4 is 62.5 Å². The minimum atomic E-state index is -1.10. The summed E-state index contributed by atoms with van der Waals surface area (Å²) < 4.78 is 5.76. The maximum atomic E-state index is 13.4. The number of allylic oxidation sites excluding steroid dienone is 2. The molecule has 0 radical (unpaired) electrons. The van der Waals surface area contributed by atoms with Crippen LogP contribution in [0.3, 0.4) is 0 Å². The minimum Gasteiger partial charge on any atom is -0.467 e. The number of pyridine rings is 1. The van der Waals surface area contributed by atoms with Gasteiger partial charge in [0.1, 0.15) is 5.54 Å². The molecule has 1 aromatic carbocycles. The smallest absolute Gasteiger partial charge is 0.332 e. The topological polar surface area (TPSA) is 109 Å². The van der Waals surface area contributed by atoms with Crippen molar-refractivity contribution in [3.63, 3.8) is 0 Å². The number of ketones is 1. The third-order valence-electron chi connectivity index (χ3n) is 7.04. The lowest BCUT2D eigenvalue weighted by Gasteiger charge is -2.45. The van der Waals surface area contributed by atoms with Gasteiger partial charge in [-0.1, -0.05) is 35.3 Å². The molecule has 0 spiro atoms. The molecule has 2 heterocycles. The monoisotopic (exact) mass is 608 g/mol. The van der Waals surface area contributed by atoms with E-state index in [0.717, 1.165) is 18.5 Å². The molecule has 1 saturated heterocycles. The third-order valence-corrected chi connectivity index (χ3v) is 8.37. The molecule has 1 fully saturated rings. The molecule has 196 valence electrons. The first-order valence-corrected chi connectivity index (χ1v) is 13.3. The van der Waals surface area contributed by atoms with Crippen molar-refractivity contribution in [2.75, 3.05) is 25.5 Å².